The molecule has 3 heterocycles. The lowest BCUT2D eigenvalue weighted by Crippen LogP contribution is -2.23. The molecule has 0 N–H and O–H groups in total. The molecular weight excluding hydrogens is 444 g/mol. The van der Waals surface area contributed by atoms with Crippen molar-refractivity contribution in [2.24, 2.45) is 0 Å². The summed E-state index contributed by atoms with van der Waals surface area (Å²) in [5, 5.41) is 1.44. The SMILES string of the molecule is Cc1sc2nc(SCc3ccc(Br)cc3)n(Cc3ccco3)c(=O)c2c1C. The fraction of sp³-hybridized carbons (Fsp3) is 0.200. The number of hydrogen-bond acceptors (Lipinski definition) is 5. The van der Waals surface area contributed by atoms with Gasteiger partial charge in [0.25, 0.3) is 5.56 Å². The predicted octanol–water partition coefficient (Wildman–Crippen LogP) is 5.77. The summed E-state index contributed by atoms with van der Waals surface area (Å²) in [5.41, 5.74) is 2.20. The molecule has 4 rings (SSSR count). The van der Waals surface area contributed by atoms with Crippen LogP contribution in [0.15, 0.2) is 61.5 Å². The summed E-state index contributed by atoms with van der Waals surface area (Å²) in [6, 6.07) is 11.9. The highest BCUT2D eigenvalue weighted by atomic mass is 79.9. The lowest BCUT2D eigenvalue weighted by Gasteiger charge is -2.11. The molecule has 0 amide bonds. The Morgan fingerprint density at radius 2 is 2.00 bits per heavy atom. The predicted molar refractivity (Wildman–Crippen MR) is 115 cm³/mol. The molecule has 3 aromatic heterocycles. The Balaban J connectivity index is 1.76. The molecule has 0 atom stereocenters. The minimum absolute atomic E-state index is 0.00319. The summed E-state index contributed by atoms with van der Waals surface area (Å²) in [5.74, 6) is 1.49. The minimum Gasteiger partial charge on any atom is -0.467 e. The Kier molecular flexibility index (Phi) is 5.25. The molecule has 0 aliphatic carbocycles. The first kappa shape index (κ1) is 18.5. The molecule has 0 bridgehead atoms. The van der Waals surface area contributed by atoms with Crippen molar-refractivity contribution in [1.29, 1.82) is 0 Å². The number of fused-ring (bicyclic) bond motifs is 1. The van der Waals surface area contributed by atoms with Crippen LogP contribution in [0.25, 0.3) is 10.2 Å². The van der Waals surface area contributed by atoms with Crippen LogP contribution < -0.4 is 5.56 Å². The highest BCUT2D eigenvalue weighted by Crippen LogP contribution is 2.30. The number of furan rings is 1. The zero-order valence-corrected chi connectivity index (χ0v) is 18.1. The Morgan fingerprint density at radius 3 is 2.70 bits per heavy atom. The number of thioether (sulfide) groups is 1. The van der Waals surface area contributed by atoms with Crippen LogP contribution in [0, 0.1) is 13.8 Å². The molecule has 0 saturated carbocycles. The normalized spacial score (nSPS) is 11.4. The minimum atomic E-state index is -0.00319. The fourth-order valence-electron chi connectivity index (χ4n) is 2.85. The van der Waals surface area contributed by atoms with Crippen LogP contribution in [0.4, 0.5) is 0 Å². The van der Waals surface area contributed by atoms with Crippen LogP contribution in [0.1, 0.15) is 21.8 Å². The highest BCUT2D eigenvalue weighted by molar-refractivity contribution is 9.10. The van der Waals surface area contributed by atoms with Gasteiger partial charge >= 0.3 is 0 Å². The maximum atomic E-state index is 13.2. The zero-order chi connectivity index (χ0) is 19.0. The van der Waals surface area contributed by atoms with Crippen molar-refractivity contribution >= 4 is 49.2 Å². The molecule has 0 unspecified atom stereocenters. The third-order valence-electron chi connectivity index (χ3n) is 4.43. The van der Waals surface area contributed by atoms with Crippen molar-refractivity contribution < 1.29 is 4.42 Å². The van der Waals surface area contributed by atoms with E-state index in [1.807, 2.05) is 38.1 Å². The number of aromatic nitrogens is 2. The van der Waals surface area contributed by atoms with Crippen molar-refractivity contribution in [2.45, 2.75) is 31.3 Å². The quantitative estimate of drug-likeness (QED) is 0.280. The Bertz CT molecular complexity index is 1150. The molecule has 7 heteroatoms. The van der Waals surface area contributed by atoms with Crippen LogP contribution in [0.2, 0.25) is 0 Å². The number of halogens is 1. The molecule has 0 spiro atoms. The van der Waals surface area contributed by atoms with Gasteiger partial charge in [-0.2, -0.15) is 0 Å². The van der Waals surface area contributed by atoms with E-state index in [4.69, 9.17) is 9.40 Å². The lowest BCUT2D eigenvalue weighted by molar-refractivity contribution is 0.476. The van der Waals surface area contributed by atoms with Crippen LogP contribution >= 0.6 is 39.0 Å². The smallest absolute Gasteiger partial charge is 0.263 e. The molecule has 4 nitrogen and oxygen atoms in total. The molecule has 1 aromatic carbocycles. The van der Waals surface area contributed by atoms with Gasteiger partial charge in [0, 0.05) is 15.1 Å². The van der Waals surface area contributed by atoms with Gasteiger partial charge in [-0.15, -0.1) is 11.3 Å². The van der Waals surface area contributed by atoms with E-state index in [1.54, 1.807) is 33.9 Å². The largest absolute Gasteiger partial charge is 0.467 e. The van der Waals surface area contributed by atoms with E-state index in [9.17, 15) is 4.79 Å². The summed E-state index contributed by atoms with van der Waals surface area (Å²) in [7, 11) is 0. The average Bonchev–Trinajstić information content (AvgIpc) is 3.26. The topological polar surface area (TPSA) is 48.0 Å². The van der Waals surface area contributed by atoms with Crippen LogP contribution in [-0.2, 0) is 12.3 Å². The maximum absolute atomic E-state index is 13.2. The Morgan fingerprint density at radius 1 is 1.22 bits per heavy atom. The number of nitrogens with zero attached hydrogens (tertiary/aromatic N) is 2. The summed E-state index contributed by atoms with van der Waals surface area (Å²) in [4.78, 5) is 20.0. The molecule has 0 saturated heterocycles. The van der Waals surface area contributed by atoms with Gasteiger partial charge in [0.2, 0.25) is 0 Å². The van der Waals surface area contributed by atoms with Gasteiger partial charge in [-0.25, -0.2) is 4.98 Å². The second kappa shape index (κ2) is 7.66. The van der Waals surface area contributed by atoms with Crippen molar-refractivity contribution in [1.82, 2.24) is 9.55 Å². The Hall–Kier alpha value is -1.83. The van der Waals surface area contributed by atoms with Gasteiger partial charge in [-0.3, -0.25) is 9.36 Å². The molecule has 0 aliphatic rings. The van der Waals surface area contributed by atoms with Crippen molar-refractivity contribution in [2.75, 3.05) is 0 Å². The van der Waals surface area contributed by atoms with Crippen LogP contribution in [0.3, 0.4) is 0 Å². The standard InChI is InChI=1S/C20H17BrN2O2S2/c1-12-13(2)27-18-17(12)19(24)23(10-16-4-3-9-25-16)20(22-18)26-11-14-5-7-15(21)8-6-14/h3-9H,10-11H2,1-2H3. The number of hydrogen-bond donors (Lipinski definition) is 0. The van der Waals surface area contributed by atoms with Crippen molar-refractivity contribution in [3.63, 3.8) is 0 Å². The molecule has 27 heavy (non-hydrogen) atoms. The molecule has 4 aromatic rings. The number of thiophene rings is 1. The first-order valence-electron chi connectivity index (χ1n) is 8.43. The van der Waals surface area contributed by atoms with E-state index in [0.29, 0.717) is 11.7 Å². The van der Waals surface area contributed by atoms with Gasteiger partial charge in [0.05, 0.1) is 18.2 Å². The van der Waals surface area contributed by atoms with Gasteiger partial charge in [-0.1, -0.05) is 39.8 Å². The number of aryl methyl sites for hydroxylation is 2. The molecule has 0 fully saturated rings. The Labute approximate surface area is 173 Å². The van der Waals surface area contributed by atoms with E-state index in [0.717, 1.165) is 36.6 Å². The molecule has 0 aliphatic heterocycles. The third kappa shape index (κ3) is 3.77. The van der Waals surface area contributed by atoms with Crippen LogP contribution in [0.5, 0.6) is 0 Å². The van der Waals surface area contributed by atoms with E-state index < -0.39 is 0 Å². The fourth-order valence-corrected chi connectivity index (χ4v) is 5.13. The molecular formula is C20H17BrN2O2S2. The average molecular weight is 461 g/mol. The van der Waals surface area contributed by atoms with Gasteiger partial charge in [0.1, 0.15) is 10.6 Å². The second-order valence-electron chi connectivity index (χ2n) is 6.24. The van der Waals surface area contributed by atoms with Crippen LogP contribution in [-0.4, -0.2) is 9.55 Å². The first-order chi connectivity index (χ1) is 13.0. The molecule has 0 radical (unpaired) electrons. The summed E-state index contributed by atoms with van der Waals surface area (Å²) in [6.07, 6.45) is 1.63. The zero-order valence-electron chi connectivity index (χ0n) is 14.9. The number of benzene rings is 1. The summed E-state index contributed by atoms with van der Waals surface area (Å²) in [6.45, 7) is 4.40. The number of rotatable bonds is 5. The summed E-state index contributed by atoms with van der Waals surface area (Å²) >= 11 is 6.61. The monoisotopic (exact) mass is 460 g/mol. The molecule has 138 valence electrons. The van der Waals surface area contributed by atoms with E-state index >= 15 is 0 Å². The first-order valence-corrected chi connectivity index (χ1v) is 11.0. The van der Waals surface area contributed by atoms with Gasteiger partial charge < -0.3 is 4.42 Å². The lowest BCUT2D eigenvalue weighted by atomic mass is 10.2. The van der Waals surface area contributed by atoms with Gasteiger partial charge in [0.15, 0.2) is 5.16 Å². The maximum Gasteiger partial charge on any atom is 0.263 e. The van der Waals surface area contributed by atoms with E-state index in [-0.39, 0.29) is 5.56 Å². The van der Waals surface area contributed by atoms with E-state index in [2.05, 4.69) is 28.1 Å². The van der Waals surface area contributed by atoms with Crippen molar-refractivity contribution in [3.8, 4) is 0 Å². The summed E-state index contributed by atoms with van der Waals surface area (Å²) < 4.78 is 8.25. The van der Waals surface area contributed by atoms with E-state index in [1.165, 1.54) is 5.56 Å². The second-order valence-corrected chi connectivity index (χ2v) is 9.30. The van der Waals surface area contributed by atoms with Crippen molar-refractivity contribution in [3.05, 3.63) is 79.3 Å². The highest BCUT2D eigenvalue weighted by Gasteiger charge is 2.17. The third-order valence-corrected chi connectivity index (χ3v) is 7.11. The van der Waals surface area contributed by atoms with Gasteiger partial charge in [-0.05, 0) is 49.2 Å².